The standard InChI is InChI=1S/C20H22N2O4S/c1-13(27-18-8-6-17(7-9-18)22-14(2)23)19(24)21-11-10-15-4-3-5-16(12-15)20(25)26/h3-9,12-13H,10-11H2,1-2H3,(H,21,24)(H,22,23)(H,25,26). The van der Waals surface area contributed by atoms with Gasteiger partial charge in [-0.25, -0.2) is 4.79 Å². The SMILES string of the molecule is CC(=O)Nc1ccc(SC(C)C(=O)NCCc2cccc(C(=O)O)c2)cc1. The maximum atomic E-state index is 12.2. The number of nitrogens with one attached hydrogen (secondary N) is 2. The Hall–Kier alpha value is -2.80. The Morgan fingerprint density at radius 2 is 1.81 bits per heavy atom. The zero-order valence-corrected chi connectivity index (χ0v) is 16.0. The Bertz CT molecular complexity index is 821. The second kappa shape index (κ2) is 9.78. The molecule has 6 nitrogen and oxygen atoms in total. The molecule has 0 bridgehead atoms. The fraction of sp³-hybridized carbons (Fsp3) is 0.250. The molecule has 0 aliphatic carbocycles. The number of aromatic carboxylic acids is 1. The molecule has 0 spiro atoms. The highest BCUT2D eigenvalue weighted by Crippen LogP contribution is 2.24. The first-order valence-corrected chi connectivity index (χ1v) is 9.37. The zero-order valence-electron chi connectivity index (χ0n) is 15.2. The highest BCUT2D eigenvalue weighted by Gasteiger charge is 2.14. The van der Waals surface area contributed by atoms with Crippen LogP contribution in [0, 0.1) is 0 Å². The summed E-state index contributed by atoms with van der Waals surface area (Å²) in [4.78, 5) is 35.2. The molecule has 0 radical (unpaired) electrons. The van der Waals surface area contributed by atoms with E-state index in [1.165, 1.54) is 18.7 Å². The van der Waals surface area contributed by atoms with Crippen LogP contribution in [0.4, 0.5) is 5.69 Å². The van der Waals surface area contributed by atoms with Crippen molar-refractivity contribution in [3.63, 3.8) is 0 Å². The van der Waals surface area contributed by atoms with Crippen LogP contribution in [0.15, 0.2) is 53.4 Å². The lowest BCUT2D eigenvalue weighted by molar-refractivity contribution is -0.120. The van der Waals surface area contributed by atoms with Gasteiger partial charge >= 0.3 is 5.97 Å². The summed E-state index contributed by atoms with van der Waals surface area (Å²) in [7, 11) is 0. The van der Waals surface area contributed by atoms with E-state index in [0.29, 0.717) is 18.7 Å². The Morgan fingerprint density at radius 1 is 1.11 bits per heavy atom. The van der Waals surface area contributed by atoms with Gasteiger partial charge in [0.1, 0.15) is 0 Å². The molecular weight excluding hydrogens is 364 g/mol. The summed E-state index contributed by atoms with van der Waals surface area (Å²) >= 11 is 1.43. The number of hydrogen-bond donors (Lipinski definition) is 3. The average Bonchev–Trinajstić information content (AvgIpc) is 2.63. The third-order valence-electron chi connectivity index (χ3n) is 3.74. The first-order chi connectivity index (χ1) is 12.8. The normalized spacial score (nSPS) is 11.5. The van der Waals surface area contributed by atoms with Crippen molar-refractivity contribution in [1.29, 1.82) is 0 Å². The van der Waals surface area contributed by atoms with Gasteiger partial charge in [-0.3, -0.25) is 9.59 Å². The number of thioether (sulfide) groups is 1. The van der Waals surface area contributed by atoms with Gasteiger partial charge in [0.15, 0.2) is 0 Å². The average molecular weight is 386 g/mol. The van der Waals surface area contributed by atoms with Crippen molar-refractivity contribution in [3.8, 4) is 0 Å². The first-order valence-electron chi connectivity index (χ1n) is 8.49. The second-order valence-electron chi connectivity index (χ2n) is 6.01. The molecule has 0 fully saturated rings. The van der Waals surface area contributed by atoms with E-state index >= 15 is 0 Å². The van der Waals surface area contributed by atoms with Crippen molar-refractivity contribution in [2.24, 2.45) is 0 Å². The highest BCUT2D eigenvalue weighted by atomic mass is 32.2. The summed E-state index contributed by atoms with van der Waals surface area (Å²) in [6.45, 7) is 3.72. The molecule has 27 heavy (non-hydrogen) atoms. The van der Waals surface area contributed by atoms with Crippen LogP contribution in [0.25, 0.3) is 0 Å². The smallest absolute Gasteiger partial charge is 0.335 e. The summed E-state index contributed by atoms with van der Waals surface area (Å²) in [5, 5.41) is 14.3. The molecule has 2 aromatic rings. The third-order valence-corrected chi connectivity index (χ3v) is 4.86. The molecule has 2 aromatic carbocycles. The number of benzene rings is 2. The van der Waals surface area contributed by atoms with E-state index in [-0.39, 0.29) is 22.6 Å². The van der Waals surface area contributed by atoms with Crippen molar-refractivity contribution in [2.45, 2.75) is 30.4 Å². The summed E-state index contributed by atoms with van der Waals surface area (Å²) in [5.74, 6) is -1.17. The van der Waals surface area contributed by atoms with Gasteiger partial charge in [0.2, 0.25) is 11.8 Å². The Labute approximate surface area is 162 Å². The van der Waals surface area contributed by atoms with Crippen molar-refractivity contribution >= 4 is 35.2 Å². The van der Waals surface area contributed by atoms with Gasteiger partial charge in [0.25, 0.3) is 0 Å². The number of anilines is 1. The molecule has 1 atom stereocenters. The maximum Gasteiger partial charge on any atom is 0.335 e. The minimum atomic E-state index is -0.963. The van der Waals surface area contributed by atoms with Crippen LogP contribution in [-0.4, -0.2) is 34.7 Å². The number of hydrogen-bond acceptors (Lipinski definition) is 4. The predicted molar refractivity (Wildman–Crippen MR) is 106 cm³/mol. The van der Waals surface area contributed by atoms with Crippen molar-refractivity contribution in [2.75, 3.05) is 11.9 Å². The van der Waals surface area contributed by atoms with Crippen LogP contribution >= 0.6 is 11.8 Å². The topological polar surface area (TPSA) is 95.5 Å². The molecule has 0 aromatic heterocycles. The number of carbonyl (C=O) groups excluding carboxylic acids is 2. The fourth-order valence-corrected chi connectivity index (χ4v) is 3.30. The van der Waals surface area contributed by atoms with Crippen LogP contribution in [0.2, 0.25) is 0 Å². The number of amides is 2. The van der Waals surface area contributed by atoms with Crippen LogP contribution < -0.4 is 10.6 Å². The van der Waals surface area contributed by atoms with Gasteiger partial charge in [-0.1, -0.05) is 12.1 Å². The zero-order chi connectivity index (χ0) is 19.8. The lowest BCUT2D eigenvalue weighted by atomic mass is 10.1. The highest BCUT2D eigenvalue weighted by molar-refractivity contribution is 8.00. The minimum Gasteiger partial charge on any atom is -0.478 e. The van der Waals surface area contributed by atoms with Crippen molar-refractivity contribution in [1.82, 2.24) is 5.32 Å². The van der Waals surface area contributed by atoms with Crippen LogP contribution in [0.3, 0.4) is 0 Å². The van der Waals surface area contributed by atoms with Crippen LogP contribution in [0.5, 0.6) is 0 Å². The monoisotopic (exact) mass is 386 g/mol. The summed E-state index contributed by atoms with van der Waals surface area (Å²) in [6, 6.07) is 14.0. The molecule has 3 N–H and O–H groups in total. The molecule has 7 heteroatoms. The first kappa shape index (κ1) is 20.5. The molecule has 142 valence electrons. The van der Waals surface area contributed by atoms with Crippen LogP contribution in [-0.2, 0) is 16.0 Å². The van der Waals surface area contributed by atoms with Gasteiger partial charge in [-0.2, -0.15) is 0 Å². The molecule has 0 aliphatic heterocycles. The summed E-state index contributed by atoms with van der Waals surface area (Å²) < 4.78 is 0. The Morgan fingerprint density at radius 3 is 2.44 bits per heavy atom. The molecule has 0 saturated carbocycles. The number of carboxylic acid groups (broad SMARTS) is 1. The Kier molecular flexibility index (Phi) is 7.43. The van der Waals surface area contributed by atoms with E-state index in [1.54, 1.807) is 30.3 Å². The molecule has 2 rings (SSSR count). The number of carbonyl (C=O) groups is 3. The second-order valence-corrected chi connectivity index (χ2v) is 7.43. The molecule has 0 saturated heterocycles. The predicted octanol–water partition coefficient (Wildman–Crippen LogP) is 3.18. The van der Waals surface area contributed by atoms with Gasteiger partial charge in [-0.05, 0) is 55.3 Å². The largest absolute Gasteiger partial charge is 0.478 e. The van der Waals surface area contributed by atoms with Gasteiger partial charge < -0.3 is 15.7 Å². The van der Waals surface area contributed by atoms with E-state index in [2.05, 4.69) is 10.6 Å². The van der Waals surface area contributed by atoms with Gasteiger partial charge in [0.05, 0.1) is 10.8 Å². The van der Waals surface area contributed by atoms with Gasteiger partial charge in [-0.15, -0.1) is 11.8 Å². The summed E-state index contributed by atoms with van der Waals surface area (Å²) in [5.41, 5.74) is 1.82. The van der Waals surface area contributed by atoms with Crippen LogP contribution in [0.1, 0.15) is 29.8 Å². The lowest BCUT2D eigenvalue weighted by Gasteiger charge is -2.12. The fourth-order valence-electron chi connectivity index (χ4n) is 2.41. The van der Waals surface area contributed by atoms with Crippen molar-refractivity contribution in [3.05, 3.63) is 59.7 Å². The maximum absolute atomic E-state index is 12.2. The third kappa shape index (κ3) is 6.79. The molecule has 0 heterocycles. The Balaban J connectivity index is 1.80. The van der Waals surface area contributed by atoms with Crippen molar-refractivity contribution < 1.29 is 19.5 Å². The van der Waals surface area contributed by atoms with E-state index in [1.807, 2.05) is 25.1 Å². The lowest BCUT2D eigenvalue weighted by Crippen LogP contribution is -2.32. The van der Waals surface area contributed by atoms with E-state index in [0.717, 1.165) is 10.5 Å². The molecule has 0 aliphatic rings. The van der Waals surface area contributed by atoms with E-state index in [9.17, 15) is 14.4 Å². The molecule has 2 amide bonds. The summed E-state index contributed by atoms with van der Waals surface area (Å²) in [6.07, 6.45) is 0.565. The number of rotatable bonds is 8. The molecular formula is C20H22N2O4S. The van der Waals surface area contributed by atoms with E-state index < -0.39 is 5.97 Å². The van der Waals surface area contributed by atoms with E-state index in [4.69, 9.17) is 5.11 Å². The molecule has 1 unspecified atom stereocenters. The van der Waals surface area contributed by atoms with Gasteiger partial charge in [0, 0.05) is 24.1 Å². The quantitative estimate of drug-likeness (QED) is 0.606. The minimum absolute atomic E-state index is 0.0830. The number of carboxylic acids is 1.